The van der Waals surface area contributed by atoms with E-state index in [2.05, 4.69) is 4.72 Å². The number of nitrogens with one attached hydrogen (secondary N) is 1. The lowest BCUT2D eigenvalue weighted by Gasteiger charge is -2.09. The minimum atomic E-state index is -4.29. The van der Waals surface area contributed by atoms with Crippen molar-refractivity contribution in [3.63, 3.8) is 0 Å². The second-order valence-electron chi connectivity index (χ2n) is 4.17. The fraction of sp³-hybridized carbons (Fsp3) is 0.167. The van der Waals surface area contributed by atoms with E-state index in [4.69, 9.17) is 17.3 Å². The third-order valence-electron chi connectivity index (χ3n) is 2.58. The second-order valence-corrected chi connectivity index (χ2v) is 7.67. The van der Waals surface area contributed by atoms with Crippen LogP contribution in [-0.4, -0.2) is 15.0 Å². The summed E-state index contributed by atoms with van der Waals surface area (Å²) >= 11 is 7.06. The summed E-state index contributed by atoms with van der Waals surface area (Å²) in [7, 11) is -4.29. The molecule has 1 aromatic heterocycles. The fourth-order valence-electron chi connectivity index (χ4n) is 1.70. The molecule has 0 saturated heterocycles. The second kappa shape index (κ2) is 6.27. The molecule has 0 unspecified atom stereocenters. The number of rotatable bonds is 5. The maximum atomic E-state index is 13.6. The molecular formula is C12H11ClF2N2O2S2. The van der Waals surface area contributed by atoms with Crippen molar-refractivity contribution in [3.8, 4) is 0 Å². The maximum Gasteiger partial charge on any atom is 0.246 e. The monoisotopic (exact) mass is 352 g/mol. The quantitative estimate of drug-likeness (QED) is 0.813. The van der Waals surface area contributed by atoms with Crippen LogP contribution in [0.2, 0.25) is 4.34 Å². The van der Waals surface area contributed by atoms with Gasteiger partial charge in [-0.1, -0.05) is 11.6 Å². The van der Waals surface area contributed by atoms with E-state index in [9.17, 15) is 17.2 Å². The minimum absolute atomic E-state index is 0.00241. The van der Waals surface area contributed by atoms with Crippen molar-refractivity contribution in [2.24, 2.45) is 0 Å². The SMILES string of the molecule is Nc1cc(F)c(S(=O)(=O)NCCc2ccc(Cl)s2)c(F)c1. The van der Waals surface area contributed by atoms with Crippen LogP contribution in [0.4, 0.5) is 14.5 Å². The molecule has 3 N–H and O–H groups in total. The third kappa shape index (κ3) is 3.91. The van der Waals surface area contributed by atoms with Crippen LogP contribution in [0.25, 0.3) is 0 Å². The highest BCUT2D eigenvalue weighted by molar-refractivity contribution is 7.89. The summed E-state index contributed by atoms with van der Waals surface area (Å²) in [5.74, 6) is -2.45. The molecule has 0 atom stereocenters. The van der Waals surface area contributed by atoms with Gasteiger partial charge in [-0.25, -0.2) is 21.9 Å². The lowest BCUT2D eigenvalue weighted by Crippen LogP contribution is -2.27. The van der Waals surface area contributed by atoms with Crippen molar-refractivity contribution in [1.29, 1.82) is 0 Å². The van der Waals surface area contributed by atoms with Crippen LogP contribution in [0.3, 0.4) is 0 Å². The number of nitrogens with two attached hydrogens (primary N) is 1. The summed E-state index contributed by atoms with van der Waals surface area (Å²) in [6.07, 6.45) is 0.370. The zero-order chi connectivity index (χ0) is 15.6. The summed E-state index contributed by atoms with van der Waals surface area (Å²) in [6, 6.07) is 4.97. The van der Waals surface area contributed by atoms with Crippen molar-refractivity contribution in [2.45, 2.75) is 11.3 Å². The molecule has 0 saturated carbocycles. The van der Waals surface area contributed by atoms with Crippen molar-refractivity contribution in [3.05, 3.63) is 45.1 Å². The molecule has 21 heavy (non-hydrogen) atoms. The van der Waals surface area contributed by atoms with Crippen LogP contribution >= 0.6 is 22.9 Å². The van der Waals surface area contributed by atoms with Crippen LogP contribution in [0.15, 0.2) is 29.2 Å². The van der Waals surface area contributed by atoms with Gasteiger partial charge in [-0.15, -0.1) is 11.3 Å². The highest BCUT2D eigenvalue weighted by atomic mass is 35.5. The largest absolute Gasteiger partial charge is 0.399 e. The zero-order valence-electron chi connectivity index (χ0n) is 10.6. The van der Waals surface area contributed by atoms with Crippen molar-refractivity contribution in [2.75, 3.05) is 12.3 Å². The van der Waals surface area contributed by atoms with Crippen LogP contribution in [0.5, 0.6) is 0 Å². The van der Waals surface area contributed by atoms with Crippen LogP contribution in [0.1, 0.15) is 4.88 Å². The van der Waals surface area contributed by atoms with Crippen LogP contribution in [-0.2, 0) is 16.4 Å². The van der Waals surface area contributed by atoms with Gasteiger partial charge < -0.3 is 5.73 Å². The minimum Gasteiger partial charge on any atom is -0.399 e. The highest BCUT2D eigenvalue weighted by Crippen LogP contribution is 2.23. The summed E-state index contributed by atoms with van der Waals surface area (Å²) in [6.45, 7) is 0.00241. The first-order valence-corrected chi connectivity index (χ1v) is 8.46. The van der Waals surface area contributed by atoms with E-state index in [1.54, 1.807) is 12.1 Å². The Morgan fingerprint density at radius 2 is 1.86 bits per heavy atom. The topological polar surface area (TPSA) is 72.2 Å². The summed E-state index contributed by atoms with van der Waals surface area (Å²) in [4.78, 5) is -0.165. The Morgan fingerprint density at radius 1 is 1.24 bits per heavy atom. The van der Waals surface area contributed by atoms with Gasteiger partial charge >= 0.3 is 0 Å². The molecule has 0 radical (unpaired) electrons. The van der Waals surface area contributed by atoms with Gasteiger partial charge in [0.25, 0.3) is 0 Å². The molecule has 0 fully saturated rings. The molecule has 2 rings (SSSR count). The van der Waals surface area contributed by atoms with E-state index in [0.29, 0.717) is 10.8 Å². The first-order chi connectivity index (χ1) is 9.79. The molecule has 0 aliphatic heterocycles. The summed E-state index contributed by atoms with van der Waals surface area (Å²) in [5.41, 5.74) is 5.06. The number of anilines is 1. The van der Waals surface area contributed by atoms with Gasteiger partial charge in [0.2, 0.25) is 10.0 Å². The smallest absolute Gasteiger partial charge is 0.246 e. The van der Waals surface area contributed by atoms with Gasteiger partial charge in [0, 0.05) is 17.1 Å². The van der Waals surface area contributed by atoms with Gasteiger partial charge in [0.15, 0.2) is 4.90 Å². The molecular weight excluding hydrogens is 342 g/mol. The molecule has 1 heterocycles. The number of nitrogen functional groups attached to an aromatic ring is 1. The van der Waals surface area contributed by atoms with E-state index in [-0.39, 0.29) is 12.2 Å². The first kappa shape index (κ1) is 16.2. The number of sulfonamides is 1. The fourth-order valence-corrected chi connectivity index (χ4v) is 3.94. The molecule has 2 aromatic rings. The number of benzene rings is 1. The van der Waals surface area contributed by atoms with Gasteiger partial charge in [0.05, 0.1) is 4.34 Å². The van der Waals surface area contributed by atoms with E-state index in [0.717, 1.165) is 17.0 Å². The molecule has 114 valence electrons. The van der Waals surface area contributed by atoms with Crippen molar-refractivity contribution < 1.29 is 17.2 Å². The predicted molar refractivity (Wildman–Crippen MR) is 79.0 cm³/mol. The molecule has 4 nitrogen and oxygen atoms in total. The number of hydrogen-bond acceptors (Lipinski definition) is 4. The van der Waals surface area contributed by atoms with Gasteiger partial charge in [-0.3, -0.25) is 0 Å². The molecule has 0 bridgehead atoms. The van der Waals surface area contributed by atoms with E-state index >= 15 is 0 Å². The standard InChI is InChI=1S/C12H11ClF2N2O2S2/c13-11-2-1-8(20-11)3-4-17-21(18,19)12-9(14)5-7(16)6-10(12)15/h1-2,5-6,17H,3-4,16H2. The number of halogens is 3. The van der Waals surface area contributed by atoms with E-state index < -0.39 is 26.6 Å². The Hall–Kier alpha value is -1.22. The Balaban J connectivity index is 2.12. The molecule has 0 aliphatic rings. The van der Waals surface area contributed by atoms with Gasteiger partial charge in [-0.05, 0) is 30.7 Å². The molecule has 0 amide bonds. The average Bonchev–Trinajstić information content (AvgIpc) is 2.72. The van der Waals surface area contributed by atoms with Crippen molar-refractivity contribution in [1.82, 2.24) is 4.72 Å². The Bertz CT molecular complexity index is 739. The predicted octanol–water partition coefficient (Wildman–Crippen LogP) is 2.78. The number of thiophene rings is 1. The maximum absolute atomic E-state index is 13.6. The van der Waals surface area contributed by atoms with Gasteiger partial charge in [0.1, 0.15) is 11.6 Å². The number of hydrogen-bond donors (Lipinski definition) is 2. The lowest BCUT2D eigenvalue weighted by molar-refractivity contribution is 0.515. The first-order valence-electron chi connectivity index (χ1n) is 5.78. The molecule has 0 aliphatic carbocycles. The Labute approximate surface area is 129 Å². The van der Waals surface area contributed by atoms with Gasteiger partial charge in [-0.2, -0.15) is 0 Å². The van der Waals surface area contributed by atoms with E-state index in [1.165, 1.54) is 11.3 Å². The molecule has 0 spiro atoms. The third-order valence-corrected chi connectivity index (χ3v) is 5.38. The Kier molecular flexibility index (Phi) is 4.82. The molecule has 9 heteroatoms. The van der Waals surface area contributed by atoms with Crippen LogP contribution in [0, 0.1) is 11.6 Å². The lowest BCUT2D eigenvalue weighted by atomic mass is 10.3. The summed E-state index contributed by atoms with van der Waals surface area (Å²) in [5, 5.41) is 0. The van der Waals surface area contributed by atoms with Crippen molar-refractivity contribution >= 4 is 38.6 Å². The molecule has 1 aromatic carbocycles. The van der Waals surface area contributed by atoms with Crippen LogP contribution < -0.4 is 10.5 Å². The average molecular weight is 353 g/mol. The Morgan fingerprint density at radius 3 is 2.38 bits per heavy atom. The highest BCUT2D eigenvalue weighted by Gasteiger charge is 2.24. The van der Waals surface area contributed by atoms with E-state index in [1.807, 2.05) is 0 Å². The zero-order valence-corrected chi connectivity index (χ0v) is 13.0. The summed E-state index contributed by atoms with van der Waals surface area (Å²) < 4.78 is 53.8. The normalized spacial score (nSPS) is 11.8.